The fourth-order valence-corrected chi connectivity index (χ4v) is 1.62. The normalized spacial score (nSPS) is 12.8. The van der Waals surface area contributed by atoms with Crippen LogP contribution in [0, 0.1) is 0 Å². The molecule has 0 saturated heterocycles. The van der Waals surface area contributed by atoms with Gasteiger partial charge in [0.1, 0.15) is 0 Å². The van der Waals surface area contributed by atoms with E-state index < -0.39 is 0 Å². The largest absolute Gasteiger partial charge is 0.397 e. The molecule has 0 radical (unpaired) electrons. The Morgan fingerprint density at radius 3 is 3.00 bits per heavy atom. The van der Waals surface area contributed by atoms with E-state index in [2.05, 4.69) is 11.9 Å². The van der Waals surface area contributed by atoms with Crippen LogP contribution in [-0.2, 0) is 0 Å². The molecule has 66 valence electrons. The Balaban J connectivity index is 2.69. The molecule has 1 unspecified atom stereocenters. The molecule has 0 spiro atoms. The van der Waals surface area contributed by atoms with Crippen LogP contribution >= 0.6 is 11.8 Å². The maximum Gasteiger partial charge on any atom is 0.0638 e. The van der Waals surface area contributed by atoms with Crippen molar-refractivity contribution >= 4 is 17.4 Å². The van der Waals surface area contributed by atoms with Crippen molar-refractivity contribution in [3.05, 3.63) is 18.5 Å². The number of rotatable bonds is 3. The second-order valence-electron chi connectivity index (χ2n) is 2.58. The van der Waals surface area contributed by atoms with E-state index in [0.717, 1.165) is 10.6 Å². The minimum atomic E-state index is 0.398. The lowest BCUT2D eigenvalue weighted by Crippen LogP contribution is -2.12. The number of hydrogen-bond acceptors (Lipinski definition) is 4. The van der Waals surface area contributed by atoms with Crippen LogP contribution in [0.3, 0.4) is 0 Å². The Bertz CT molecular complexity index is 252. The summed E-state index contributed by atoms with van der Waals surface area (Å²) < 4.78 is 0. The summed E-state index contributed by atoms with van der Waals surface area (Å²) in [5, 5.41) is 0.398. The molecule has 0 aliphatic rings. The first kappa shape index (κ1) is 9.35. The molecule has 3 nitrogen and oxygen atoms in total. The fourth-order valence-electron chi connectivity index (χ4n) is 0.766. The van der Waals surface area contributed by atoms with E-state index in [1.807, 2.05) is 6.07 Å². The van der Waals surface area contributed by atoms with Gasteiger partial charge in [-0.3, -0.25) is 4.98 Å². The summed E-state index contributed by atoms with van der Waals surface area (Å²) in [4.78, 5) is 4.97. The number of nitrogens with two attached hydrogens (primary N) is 2. The molecule has 0 aromatic carbocycles. The molecule has 12 heavy (non-hydrogen) atoms. The summed E-state index contributed by atoms with van der Waals surface area (Å²) in [5.41, 5.74) is 11.9. The SMILES string of the molecule is CC(CN)Sc1ccncc1N. The van der Waals surface area contributed by atoms with E-state index in [1.54, 1.807) is 24.2 Å². The number of aromatic nitrogens is 1. The Labute approximate surface area is 76.5 Å². The van der Waals surface area contributed by atoms with Crippen LogP contribution in [0.15, 0.2) is 23.4 Å². The fraction of sp³-hybridized carbons (Fsp3) is 0.375. The van der Waals surface area contributed by atoms with E-state index in [-0.39, 0.29) is 0 Å². The summed E-state index contributed by atoms with van der Waals surface area (Å²) >= 11 is 1.68. The van der Waals surface area contributed by atoms with Gasteiger partial charge in [-0.15, -0.1) is 11.8 Å². The molecule has 0 aliphatic carbocycles. The molecular weight excluding hydrogens is 170 g/mol. The molecular formula is C8H13N3S. The van der Waals surface area contributed by atoms with E-state index >= 15 is 0 Å². The highest BCUT2D eigenvalue weighted by molar-refractivity contribution is 8.00. The second kappa shape index (κ2) is 4.33. The predicted molar refractivity (Wildman–Crippen MR) is 53.0 cm³/mol. The lowest BCUT2D eigenvalue weighted by Gasteiger charge is -2.09. The van der Waals surface area contributed by atoms with Gasteiger partial charge >= 0.3 is 0 Å². The highest BCUT2D eigenvalue weighted by Crippen LogP contribution is 2.26. The van der Waals surface area contributed by atoms with Crippen molar-refractivity contribution < 1.29 is 0 Å². The summed E-state index contributed by atoms with van der Waals surface area (Å²) in [7, 11) is 0. The van der Waals surface area contributed by atoms with Gasteiger partial charge in [-0.1, -0.05) is 6.92 Å². The average Bonchev–Trinajstić information content (AvgIpc) is 2.09. The van der Waals surface area contributed by atoms with Crippen LogP contribution in [0.4, 0.5) is 5.69 Å². The molecule has 1 aromatic heterocycles. The zero-order valence-corrected chi connectivity index (χ0v) is 7.84. The van der Waals surface area contributed by atoms with Crippen LogP contribution < -0.4 is 11.5 Å². The van der Waals surface area contributed by atoms with E-state index in [1.165, 1.54) is 0 Å². The van der Waals surface area contributed by atoms with Crippen molar-refractivity contribution in [3.63, 3.8) is 0 Å². The van der Waals surface area contributed by atoms with Crippen molar-refractivity contribution in [3.8, 4) is 0 Å². The van der Waals surface area contributed by atoms with Gasteiger partial charge in [0, 0.05) is 22.9 Å². The van der Waals surface area contributed by atoms with Gasteiger partial charge in [-0.05, 0) is 6.07 Å². The minimum Gasteiger partial charge on any atom is -0.397 e. The van der Waals surface area contributed by atoms with Crippen LogP contribution in [-0.4, -0.2) is 16.8 Å². The third kappa shape index (κ3) is 2.39. The zero-order valence-electron chi connectivity index (χ0n) is 7.03. The van der Waals surface area contributed by atoms with Gasteiger partial charge in [0.05, 0.1) is 11.9 Å². The Morgan fingerprint density at radius 1 is 1.67 bits per heavy atom. The highest BCUT2D eigenvalue weighted by atomic mass is 32.2. The van der Waals surface area contributed by atoms with Crippen molar-refractivity contribution in [1.82, 2.24) is 4.98 Å². The van der Waals surface area contributed by atoms with Crippen LogP contribution in [0.25, 0.3) is 0 Å². The van der Waals surface area contributed by atoms with Crippen molar-refractivity contribution in [2.24, 2.45) is 5.73 Å². The third-order valence-electron chi connectivity index (χ3n) is 1.47. The number of thioether (sulfide) groups is 1. The third-order valence-corrected chi connectivity index (χ3v) is 2.69. The number of anilines is 1. The molecule has 1 heterocycles. The van der Waals surface area contributed by atoms with Gasteiger partial charge < -0.3 is 11.5 Å². The first-order chi connectivity index (χ1) is 5.74. The quantitative estimate of drug-likeness (QED) is 0.689. The summed E-state index contributed by atoms with van der Waals surface area (Å²) in [5.74, 6) is 0. The Morgan fingerprint density at radius 2 is 2.42 bits per heavy atom. The molecule has 0 fully saturated rings. The van der Waals surface area contributed by atoms with Crippen LogP contribution in [0.5, 0.6) is 0 Å². The molecule has 0 amide bonds. The van der Waals surface area contributed by atoms with Crippen molar-refractivity contribution in [2.75, 3.05) is 12.3 Å². The van der Waals surface area contributed by atoms with E-state index in [0.29, 0.717) is 11.8 Å². The topological polar surface area (TPSA) is 64.9 Å². The maximum absolute atomic E-state index is 5.70. The molecule has 0 aliphatic heterocycles. The van der Waals surface area contributed by atoms with E-state index in [4.69, 9.17) is 11.5 Å². The molecule has 4 N–H and O–H groups in total. The number of pyridine rings is 1. The van der Waals surface area contributed by atoms with E-state index in [9.17, 15) is 0 Å². The standard InChI is InChI=1S/C8H13N3S/c1-6(4-9)12-8-2-3-11-5-7(8)10/h2-3,5-6H,4,9-10H2,1H3. The average molecular weight is 183 g/mol. The summed E-state index contributed by atoms with van der Waals surface area (Å²) in [6.07, 6.45) is 3.40. The van der Waals surface area contributed by atoms with Crippen LogP contribution in [0.1, 0.15) is 6.92 Å². The number of nitrogen functional groups attached to an aromatic ring is 1. The maximum atomic E-state index is 5.70. The smallest absolute Gasteiger partial charge is 0.0638 e. The lowest BCUT2D eigenvalue weighted by molar-refractivity contribution is 0.951. The monoisotopic (exact) mass is 183 g/mol. The van der Waals surface area contributed by atoms with Crippen molar-refractivity contribution in [2.45, 2.75) is 17.1 Å². The van der Waals surface area contributed by atoms with Crippen molar-refractivity contribution in [1.29, 1.82) is 0 Å². The molecule has 1 rings (SSSR count). The lowest BCUT2D eigenvalue weighted by atomic mass is 10.4. The highest BCUT2D eigenvalue weighted by Gasteiger charge is 2.04. The summed E-state index contributed by atoms with van der Waals surface area (Å²) in [6.45, 7) is 2.73. The summed E-state index contributed by atoms with van der Waals surface area (Å²) in [6, 6.07) is 1.91. The first-order valence-electron chi connectivity index (χ1n) is 3.80. The zero-order chi connectivity index (χ0) is 8.97. The molecule has 0 saturated carbocycles. The van der Waals surface area contributed by atoms with Crippen LogP contribution in [0.2, 0.25) is 0 Å². The molecule has 1 aromatic rings. The van der Waals surface area contributed by atoms with Gasteiger partial charge in [0.15, 0.2) is 0 Å². The predicted octanol–water partition coefficient (Wildman–Crippen LogP) is 1.10. The van der Waals surface area contributed by atoms with Gasteiger partial charge in [-0.2, -0.15) is 0 Å². The number of hydrogen-bond donors (Lipinski definition) is 2. The van der Waals surface area contributed by atoms with Gasteiger partial charge in [0.2, 0.25) is 0 Å². The molecule has 4 heteroatoms. The minimum absolute atomic E-state index is 0.398. The second-order valence-corrected chi connectivity index (χ2v) is 4.06. The Hall–Kier alpha value is -0.740. The first-order valence-corrected chi connectivity index (χ1v) is 4.68. The van der Waals surface area contributed by atoms with Gasteiger partial charge in [0.25, 0.3) is 0 Å². The number of nitrogens with zero attached hydrogens (tertiary/aromatic N) is 1. The molecule has 0 bridgehead atoms. The van der Waals surface area contributed by atoms with Gasteiger partial charge in [-0.25, -0.2) is 0 Å². The molecule has 1 atom stereocenters. The Kier molecular flexibility index (Phi) is 3.37.